The molecule has 1 N–H and O–H groups in total. The smallest absolute Gasteiger partial charge is 0.0954 e. The minimum atomic E-state index is 0.632. The second-order valence-electron chi connectivity index (χ2n) is 4.57. The maximum atomic E-state index is 4.71. The third-order valence-electron chi connectivity index (χ3n) is 3.23. The molecule has 0 aliphatic carbocycles. The van der Waals surface area contributed by atoms with Gasteiger partial charge in [0.1, 0.15) is 0 Å². The van der Waals surface area contributed by atoms with E-state index in [0.29, 0.717) is 6.04 Å². The number of hydrogen-bond donors (Lipinski definition) is 1. The van der Waals surface area contributed by atoms with E-state index in [0.717, 1.165) is 16.4 Å². The molecule has 17 heavy (non-hydrogen) atoms. The summed E-state index contributed by atoms with van der Waals surface area (Å²) in [4.78, 5) is 4.71. The molecule has 4 heteroatoms. The van der Waals surface area contributed by atoms with Gasteiger partial charge < -0.3 is 5.32 Å². The van der Waals surface area contributed by atoms with Gasteiger partial charge in [-0.2, -0.15) is 0 Å². The lowest BCUT2D eigenvalue weighted by molar-refractivity contribution is 0.399. The SMILES string of the molecule is Brc1ccc2nc(CC3CCCCN3)sc2c1. The van der Waals surface area contributed by atoms with Gasteiger partial charge in [-0.25, -0.2) is 4.98 Å². The Bertz CT molecular complexity index is 517. The van der Waals surface area contributed by atoms with Crippen molar-refractivity contribution in [2.45, 2.75) is 31.7 Å². The van der Waals surface area contributed by atoms with Crippen molar-refractivity contribution in [2.75, 3.05) is 6.54 Å². The molecule has 2 aromatic rings. The summed E-state index contributed by atoms with van der Waals surface area (Å²) in [6.45, 7) is 1.17. The first-order chi connectivity index (χ1) is 8.31. The molecule has 1 unspecified atom stereocenters. The molecule has 0 saturated carbocycles. The van der Waals surface area contributed by atoms with E-state index in [1.807, 2.05) is 11.3 Å². The van der Waals surface area contributed by atoms with E-state index in [9.17, 15) is 0 Å². The van der Waals surface area contributed by atoms with Crippen LogP contribution in [0.4, 0.5) is 0 Å². The van der Waals surface area contributed by atoms with Gasteiger partial charge in [0.2, 0.25) is 0 Å². The third-order valence-corrected chi connectivity index (χ3v) is 4.76. The van der Waals surface area contributed by atoms with Crippen molar-refractivity contribution in [3.63, 3.8) is 0 Å². The van der Waals surface area contributed by atoms with Gasteiger partial charge in [0, 0.05) is 16.9 Å². The molecule has 90 valence electrons. The van der Waals surface area contributed by atoms with Crippen LogP contribution in [0.2, 0.25) is 0 Å². The lowest BCUT2D eigenvalue weighted by atomic mass is 10.0. The number of halogens is 1. The Morgan fingerprint density at radius 3 is 3.18 bits per heavy atom. The standard InChI is InChI=1S/C13H15BrN2S/c14-9-4-5-11-12(7-9)17-13(16-11)8-10-3-1-2-6-15-10/h4-5,7,10,15H,1-3,6,8H2. The lowest BCUT2D eigenvalue weighted by Crippen LogP contribution is -2.35. The van der Waals surface area contributed by atoms with E-state index in [4.69, 9.17) is 4.98 Å². The zero-order valence-corrected chi connectivity index (χ0v) is 12.0. The maximum absolute atomic E-state index is 4.71. The molecule has 1 aromatic carbocycles. The second kappa shape index (κ2) is 5.04. The van der Waals surface area contributed by atoms with Crippen molar-refractivity contribution >= 4 is 37.5 Å². The summed E-state index contributed by atoms with van der Waals surface area (Å²) in [5.41, 5.74) is 1.13. The number of benzene rings is 1. The number of hydrogen-bond acceptors (Lipinski definition) is 3. The Labute approximate surface area is 114 Å². The fraction of sp³-hybridized carbons (Fsp3) is 0.462. The fourth-order valence-corrected chi connectivity index (χ4v) is 3.94. The van der Waals surface area contributed by atoms with Crippen LogP contribution in [0, 0.1) is 0 Å². The van der Waals surface area contributed by atoms with Crippen LogP contribution in [0.15, 0.2) is 22.7 Å². The molecule has 1 atom stereocenters. The Morgan fingerprint density at radius 2 is 2.35 bits per heavy atom. The highest BCUT2D eigenvalue weighted by atomic mass is 79.9. The van der Waals surface area contributed by atoms with Crippen molar-refractivity contribution in [3.8, 4) is 0 Å². The van der Waals surface area contributed by atoms with Gasteiger partial charge in [0.25, 0.3) is 0 Å². The summed E-state index contributed by atoms with van der Waals surface area (Å²) in [5.74, 6) is 0. The zero-order chi connectivity index (χ0) is 11.7. The highest BCUT2D eigenvalue weighted by Crippen LogP contribution is 2.26. The summed E-state index contributed by atoms with van der Waals surface area (Å²) in [5, 5.41) is 4.84. The van der Waals surface area contributed by atoms with Gasteiger partial charge in [-0.3, -0.25) is 0 Å². The topological polar surface area (TPSA) is 24.9 Å². The molecule has 1 aliphatic heterocycles. The molecule has 2 nitrogen and oxygen atoms in total. The number of piperidine rings is 1. The summed E-state index contributed by atoms with van der Waals surface area (Å²) in [6.07, 6.45) is 5.05. The van der Waals surface area contributed by atoms with Crippen molar-refractivity contribution in [3.05, 3.63) is 27.7 Å². The Hall–Kier alpha value is -0.450. The molecule has 1 saturated heterocycles. The predicted octanol–water partition coefficient (Wildman–Crippen LogP) is 3.74. The summed E-state index contributed by atoms with van der Waals surface area (Å²) >= 11 is 5.33. The summed E-state index contributed by atoms with van der Waals surface area (Å²) in [7, 11) is 0. The van der Waals surface area contributed by atoms with Gasteiger partial charge >= 0.3 is 0 Å². The first kappa shape index (κ1) is 11.6. The number of fused-ring (bicyclic) bond motifs is 1. The normalized spacial score (nSPS) is 20.9. The predicted molar refractivity (Wildman–Crippen MR) is 76.7 cm³/mol. The minimum absolute atomic E-state index is 0.632. The molecule has 1 aromatic heterocycles. The van der Waals surface area contributed by atoms with Gasteiger partial charge in [-0.15, -0.1) is 11.3 Å². The first-order valence-electron chi connectivity index (χ1n) is 6.09. The van der Waals surface area contributed by atoms with Crippen LogP contribution in [0.25, 0.3) is 10.2 Å². The van der Waals surface area contributed by atoms with Gasteiger partial charge in [-0.05, 0) is 37.6 Å². The van der Waals surface area contributed by atoms with Gasteiger partial charge in [-0.1, -0.05) is 22.4 Å². The Kier molecular flexibility index (Phi) is 3.45. The number of rotatable bonds is 2. The molecular weight excluding hydrogens is 296 g/mol. The van der Waals surface area contributed by atoms with Crippen molar-refractivity contribution in [2.24, 2.45) is 0 Å². The molecule has 2 heterocycles. The van der Waals surface area contributed by atoms with Crippen LogP contribution < -0.4 is 5.32 Å². The van der Waals surface area contributed by atoms with Gasteiger partial charge in [0.15, 0.2) is 0 Å². The zero-order valence-electron chi connectivity index (χ0n) is 9.58. The van der Waals surface area contributed by atoms with Crippen LogP contribution in [0.1, 0.15) is 24.3 Å². The van der Waals surface area contributed by atoms with E-state index < -0.39 is 0 Å². The molecule has 1 fully saturated rings. The first-order valence-corrected chi connectivity index (χ1v) is 7.70. The highest BCUT2D eigenvalue weighted by Gasteiger charge is 2.15. The highest BCUT2D eigenvalue weighted by molar-refractivity contribution is 9.10. The van der Waals surface area contributed by atoms with E-state index >= 15 is 0 Å². The van der Waals surface area contributed by atoms with Crippen LogP contribution in [0.3, 0.4) is 0 Å². The monoisotopic (exact) mass is 310 g/mol. The van der Waals surface area contributed by atoms with Crippen molar-refractivity contribution in [1.82, 2.24) is 10.3 Å². The Morgan fingerprint density at radius 1 is 1.41 bits per heavy atom. The number of aromatic nitrogens is 1. The van der Waals surface area contributed by atoms with Gasteiger partial charge in [0.05, 0.1) is 15.2 Å². The lowest BCUT2D eigenvalue weighted by Gasteiger charge is -2.22. The molecular formula is C13H15BrN2S. The molecule has 0 radical (unpaired) electrons. The summed E-state index contributed by atoms with van der Waals surface area (Å²) < 4.78 is 2.42. The second-order valence-corrected chi connectivity index (χ2v) is 6.60. The fourth-order valence-electron chi connectivity index (χ4n) is 2.34. The average molecular weight is 311 g/mol. The van der Waals surface area contributed by atoms with E-state index in [1.54, 1.807) is 0 Å². The molecule has 0 bridgehead atoms. The summed E-state index contributed by atoms with van der Waals surface area (Å²) in [6, 6.07) is 6.94. The molecule has 1 aliphatic rings. The van der Waals surface area contributed by atoms with Crippen LogP contribution >= 0.6 is 27.3 Å². The van der Waals surface area contributed by atoms with E-state index in [-0.39, 0.29) is 0 Å². The van der Waals surface area contributed by atoms with Crippen molar-refractivity contribution in [1.29, 1.82) is 0 Å². The molecule has 0 amide bonds. The largest absolute Gasteiger partial charge is 0.314 e. The van der Waals surface area contributed by atoms with Crippen LogP contribution in [-0.2, 0) is 6.42 Å². The third kappa shape index (κ3) is 2.69. The Balaban J connectivity index is 1.80. The average Bonchev–Trinajstić information content (AvgIpc) is 2.71. The quantitative estimate of drug-likeness (QED) is 0.914. The van der Waals surface area contributed by atoms with E-state index in [1.165, 1.54) is 35.5 Å². The van der Waals surface area contributed by atoms with Crippen LogP contribution in [0.5, 0.6) is 0 Å². The van der Waals surface area contributed by atoms with E-state index in [2.05, 4.69) is 39.4 Å². The maximum Gasteiger partial charge on any atom is 0.0954 e. The van der Waals surface area contributed by atoms with Crippen LogP contribution in [-0.4, -0.2) is 17.6 Å². The van der Waals surface area contributed by atoms with Crippen molar-refractivity contribution < 1.29 is 0 Å². The number of thiazole rings is 1. The number of nitrogens with zero attached hydrogens (tertiary/aromatic N) is 1. The molecule has 0 spiro atoms. The minimum Gasteiger partial charge on any atom is -0.314 e. The number of nitrogens with one attached hydrogen (secondary N) is 1. The molecule has 3 rings (SSSR count).